The van der Waals surface area contributed by atoms with Crippen LogP contribution in [0.5, 0.6) is 0 Å². The fraction of sp³-hybridized carbons (Fsp3) is 0.750. The molecule has 2 N–H and O–H groups in total. The third kappa shape index (κ3) is 6.05. The minimum Gasteiger partial charge on any atom is -0.481 e. The van der Waals surface area contributed by atoms with Crippen molar-refractivity contribution < 1.29 is 24.2 Å². The van der Waals surface area contributed by atoms with Crippen molar-refractivity contribution in [2.45, 2.75) is 146 Å². The van der Waals surface area contributed by atoms with Gasteiger partial charge < -0.3 is 15.2 Å². The van der Waals surface area contributed by atoms with Crippen molar-refractivity contribution in [1.29, 1.82) is 0 Å². The molecule has 4 fully saturated rings. The first-order valence-corrected chi connectivity index (χ1v) is 20.2. The van der Waals surface area contributed by atoms with Gasteiger partial charge in [-0.1, -0.05) is 77.8 Å². The summed E-state index contributed by atoms with van der Waals surface area (Å²) in [6.07, 6.45) is 8.79. The lowest BCUT2D eigenvalue weighted by Gasteiger charge is -2.72. The van der Waals surface area contributed by atoms with Crippen LogP contribution < -0.4 is 5.32 Å². The number of Topliss-reactive ketones (excluding diaryl/α,β-unsaturated/α-hetero) is 1. The molecule has 0 spiro atoms. The lowest BCUT2D eigenvalue weighted by Crippen LogP contribution is -2.66. The lowest BCUT2D eigenvalue weighted by atomic mass is 9.33. The van der Waals surface area contributed by atoms with Crippen LogP contribution in [0.4, 0.5) is 0 Å². The van der Waals surface area contributed by atoms with E-state index in [-0.39, 0.29) is 51.6 Å². The van der Waals surface area contributed by atoms with E-state index in [0.717, 1.165) is 68.5 Å². The van der Waals surface area contributed by atoms with Crippen molar-refractivity contribution in [1.82, 2.24) is 5.32 Å². The Kier molecular flexibility index (Phi) is 9.82. The van der Waals surface area contributed by atoms with Gasteiger partial charge in [0.05, 0.1) is 11.8 Å². The second-order valence-corrected chi connectivity index (χ2v) is 20.3. The van der Waals surface area contributed by atoms with Crippen molar-refractivity contribution in [3.8, 4) is 0 Å². The zero-order valence-corrected chi connectivity index (χ0v) is 33.8. The number of hydrogen-bond donors (Lipinski definition) is 2. The molecule has 0 aromatic heterocycles. The predicted molar refractivity (Wildman–Crippen MR) is 203 cm³/mol. The normalized spacial score (nSPS) is 38.0. The van der Waals surface area contributed by atoms with Crippen molar-refractivity contribution in [3.63, 3.8) is 0 Å². The number of rotatable bonds is 9. The third-order valence-corrected chi connectivity index (χ3v) is 16.3. The standard InChI is InChI=1S/C44H64ClNO5/c1-26(2)36-31(47)23-44(25-46-27(3)28-11-13-29(45)14-12-28)22-21-42(9)30(37(36)44)15-16-33-41(8)19-18-34(51-35(48)24-39(4,5)38(49)50)40(6,7)32(41)17-20-43(33,42)10/h11-14,26-27,30,32-34,46H,15-25H2,1-10H3,(H,49,50)/t27-,30-,32+,33-,34+,41+,42-,43?,44?/m1/s1. The van der Waals surface area contributed by atoms with Gasteiger partial charge in [0.15, 0.2) is 5.78 Å². The monoisotopic (exact) mass is 721 g/mol. The number of ketones is 1. The van der Waals surface area contributed by atoms with E-state index in [0.29, 0.717) is 30.0 Å². The Labute approximate surface area is 312 Å². The summed E-state index contributed by atoms with van der Waals surface area (Å²) < 4.78 is 6.18. The van der Waals surface area contributed by atoms with E-state index in [4.69, 9.17) is 16.3 Å². The number of carbonyl (C=O) groups excluding carboxylic acids is 2. The first-order chi connectivity index (χ1) is 23.6. The van der Waals surface area contributed by atoms with Gasteiger partial charge >= 0.3 is 11.9 Å². The van der Waals surface area contributed by atoms with Crippen LogP contribution in [0.3, 0.4) is 0 Å². The molecule has 5 aliphatic carbocycles. The average molecular weight is 722 g/mol. The highest BCUT2D eigenvalue weighted by atomic mass is 35.5. The number of aliphatic carboxylic acids is 1. The van der Waals surface area contributed by atoms with E-state index in [1.807, 2.05) is 12.1 Å². The Balaban J connectivity index is 1.27. The second kappa shape index (κ2) is 13.0. The van der Waals surface area contributed by atoms with Crippen LogP contribution in [0.2, 0.25) is 5.02 Å². The molecule has 51 heavy (non-hydrogen) atoms. The van der Waals surface area contributed by atoms with Gasteiger partial charge in [0, 0.05) is 34.9 Å². The van der Waals surface area contributed by atoms with Gasteiger partial charge in [0.2, 0.25) is 0 Å². The first-order valence-electron chi connectivity index (χ1n) is 19.8. The number of carbonyl (C=O) groups is 3. The fourth-order valence-electron chi connectivity index (χ4n) is 13.0. The molecular weight excluding hydrogens is 658 g/mol. The SMILES string of the molecule is CC(C)C1=C2[C@H]3CC[C@H]4C(C)(CC[C@H]5C(C)(C)[C@@H](OC(=O)CC(C)(C)C(=O)O)CC[C@@]54C)[C@]3(C)CCC2(CN[C@H](C)c2ccc(Cl)cc2)CC1=O. The molecule has 2 unspecified atom stereocenters. The molecule has 5 aliphatic rings. The lowest BCUT2D eigenvalue weighted by molar-refractivity contribution is -0.233. The molecule has 7 heteroatoms. The Hall–Kier alpha value is -2.18. The molecule has 4 saturated carbocycles. The van der Waals surface area contributed by atoms with Crippen LogP contribution in [-0.4, -0.2) is 35.5 Å². The second-order valence-electron chi connectivity index (χ2n) is 19.8. The van der Waals surface area contributed by atoms with Crippen LogP contribution >= 0.6 is 11.6 Å². The summed E-state index contributed by atoms with van der Waals surface area (Å²) >= 11 is 6.20. The van der Waals surface area contributed by atoms with E-state index in [1.165, 1.54) is 11.1 Å². The highest BCUT2D eigenvalue weighted by Gasteiger charge is 2.70. The fourth-order valence-corrected chi connectivity index (χ4v) is 13.1. The van der Waals surface area contributed by atoms with Crippen molar-refractivity contribution in [2.24, 2.45) is 56.2 Å². The summed E-state index contributed by atoms with van der Waals surface area (Å²) in [5, 5.41) is 14.2. The maximum absolute atomic E-state index is 14.0. The Bertz CT molecular complexity index is 1590. The number of carboxylic acids is 1. The molecule has 0 saturated heterocycles. The van der Waals surface area contributed by atoms with Crippen molar-refractivity contribution in [2.75, 3.05) is 6.54 Å². The number of hydrogen-bond acceptors (Lipinski definition) is 5. The maximum atomic E-state index is 14.0. The summed E-state index contributed by atoms with van der Waals surface area (Å²) in [5.74, 6) is 0.545. The number of benzene rings is 1. The summed E-state index contributed by atoms with van der Waals surface area (Å²) in [6, 6.07) is 8.28. The third-order valence-electron chi connectivity index (χ3n) is 16.1. The number of esters is 1. The van der Waals surface area contributed by atoms with Gasteiger partial charge in [0.1, 0.15) is 6.10 Å². The topological polar surface area (TPSA) is 92.7 Å². The van der Waals surface area contributed by atoms with Crippen molar-refractivity contribution in [3.05, 3.63) is 46.0 Å². The zero-order valence-electron chi connectivity index (χ0n) is 33.0. The molecule has 1 aromatic rings. The molecule has 0 amide bonds. The van der Waals surface area contributed by atoms with E-state index >= 15 is 0 Å². The van der Waals surface area contributed by atoms with Gasteiger partial charge in [-0.3, -0.25) is 14.4 Å². The van der Waals surface area contributed by atoms with Gasteiger partial charge in [-0.25, -0.2) is 0 Å². The largest absolute Gasteiger partial charge is 0.481 e. The minimum absolute atomic E-state index is 0.0884. The average Bonchev–Trinajstić information content (AvgIpc) is 3.34. The summed E-state index contributed by atoms with van der Waals surface area (Å²) in [5.41, 5.74) is 2.67. The Morgan fingerprint density at radius 2 is 1.59 bits per heavy atom. The van der Waals surface area contributed by atoms with E-state index in [2.05, 4.69) is 72.8 Å². The number of allylic oxidation sites excluding steroid dienone is 1. The zero-order chi connectivity index (χ0) is 37.5. The highest BCUT2D eigenvalue weighted by molar-refractivity contribution is 6.30. The molecule has 1 aromatic carbocycles. The van der Waals surface area contributed by atoms with Gasteiger partial charge in [-0.05, 0) is 135 Å². The van der Waals surface area contributed by atoms with Crippen LogP contribution in [0.1, 0.15) is 145 Å². The van der Waals surface area contributed by atoms with Gasteiger partial charge in [-0.2, -0.15) is 0 Å². The van der Waals surface area contributed by atoms with Crippen LogP contribution in [0, 0.1) is 56.2 Å². The smallest absolute Gasteiger partial charge is 0.309 e. The van der Waals surface area contributed by atoms with Crippen LogP contribution in [-0.2, 0) is 19.1 Å². The number of ether oxygens (including phenoxy) is 1. The number of carboxylic acid groups (broad SMARTS) is 1. The Morgan fingerprint density at radius 1 is 0.922 bits per heavy atom. The van der Waals surface area contributed by atoms with E-state index in [1.54, 1.807) is 13.8 Å². The molecule has 6 nitrogen and oxygen atoms in total. The summed E-state index contributed by atoms with van der Waals surface area (Å²) in [6.45, 7) is 23.0. The molecule has 0 aliphatic heterocycles. The van der Waals surface area contributed by atoms with Crippen molar-refractivity contribution >= 4 is 29.3 Å². The summed E-state index contributed by atoms with van der Waals surface area (Å²) in [7, 11) is 0. The molecule has 282 valence electrons. The van der Waals surface area contributed by atoms with E-state index < -0.39 is 17.4 Å². The van der Waals surface area contributed by atoms with E-state index in [9.17, 15) is 19.5 Å². The Morgan fingerprint density at radius 3 is 2.22 bits per heavy atom. The molecule has 6 rings (SSSR count). The van der Waals surface area contributed by atoms with Crippen LogP contribution in [0.15, 0.2) is 35.4 Å². The molecule has 0 heterocycles. The quantitative estimate of drug-likeness (QED) is 0.247. The highest BCUT2D eigenvalue weighted by Crippen LogP contribution is 2.76. The molecule has 0 radical (unpaired) electrons. The number of nitrogens with one attached hydrogen (secondary N) is 1. The van der Waals surface area contributed by atoms with Gasteiger partial charge in [-0.15, -0.1) is 0 Å². The first kappa shape index (κ1) is 38.5. The number of fused-ring (bicyclic) bond motifs is 7. The summed E-state index contributed by atoms with van der Waals surface area (Å²) in [4.78, 5) is 38.9. The molecular formula is C44H64ClNO5. The minimum atomic E-state index is -1.15. The van der Waals surface area contributed by atoms with Crippen LogP contribution in [0.25, 0.3) is 0 Å². The number of halogens is 1. The predicted octanol–water partition coefficient (Wildman–Crippen LogP) is 10.4. The molecule has 9 atom stereocenters. The molecule has 0 bridgehead atoms. The maximum Gasteiger partial charge on any atom is 0.309 e. The van der Waals surface area contributed by atoms with Gasteiger partial charge in [0.25, 0.3) is 0 Å².